The van der Waals surface area contributed by atoms with Crippen molar-refractivity contribution >= 4 is 19.8 Å². The predicted octanol–water partition coefficient (Wildman–Crippen LogP) is 17.4. The van der Waals surface area contributed by atoms with E-state index in [1.54, 1.807) is 0 Å². The molecule has 0 amide bonds. The molecule has 0 aromatic rings. The first-order valence-corrected chi connectivity index (χ1v) is 30.4. The number of phosphoric acid groups is 1. The molecule has 0 saturated carbocycles. The number of rotatable bonds is 52. The summed E-state index contributed by atoms with van der Waals surface area (Å²) < 4.78 is 34.1. The minimum atomic E-state index is -4.65. The van der Waals surface area contributed by atoms with Crippen LogP contribution in [0.25, 0.3) is 0 Å². The number of hydrogen-bond acceptors (Lipinski definition) is 8. The Morgan fingerprint density at radius 1 is 0.431 bits per heavy atom. The third-order valence-electron chi connectivity index (χ3n) is 12.1. The van der Waals surface area contributed by atoms with Gasteiger partial charge in [0.25, 0.3) is 7.82 Å². The van der Waals surface area contributed by atoms with Crippen LogP contribution in [-0.4, -0.2) is 70.0 Å². The topological polar surface area (TPSA) is 111 Å². The van der Waals surface area contributed by atoms with Gasteiger partial charge in [-0.3, -0.25) is 14.2 Å². The molecule has 0 aromatic carbocycles. The summed E-state index contributed by atoms with van der Waals surface area (Å²) in [6.07, 6.45) is 71.9. The molecule has 10 heteroatoms. The van der Waals surface area contributed by atoms with Crippen molar-refractivity contribution in [2.24, 2.45) is 0 Å². The fraction of sp³-hybridized carbons (Fsp3) is 0.710. The maximum absolute atomic E-state index is 12.8. The van der Waals surface area contributed by atoms with Crippen LogP contribution >= 0.6 is 7.82 Å². The highest BCUT2D eigenvalue weighted by Gasteiger charge is 2.21. The van der Waals surface area contributed by atoms with E-state index in [1.165, 1.54) is 109 Å². The molecular weight excluding hydrogens is 918 g/mol. The monoisotopic (exact) mass is 1030 g/mol. The summed E-state index contributed by atoms with van der Waals surface area (Å²) in [5.74, 6) is -0.882. The van der Waals surface area contributed by atoms with Gasteiger partial charge in [-0.2, -0.15) is 0 Å². The Bertz CT molecular complexity index is 1540. The predicted molar refractivity (Wildman–Crippen MR) is 305 cm³/mol. The third-order valence-corrected chi connectivity index (χ3v) is 13.1. The molecule has 0 aliphatic rings. The van der Waals surface area contributed by atoms with Gasteiger partial charge in [-0.15, -0.1) is 0 Å². The Morgan fingerprint density at radius 3 is 1.14 bits per heavy atom. The van der Waals surface area contributed by atoms with Crippen LogP contribution in [0.5, 0.6) is 0 Å². The summed E-state index contributed by atoms with van der Waals surface area (Å²) in [6.45, 7) is 3.96. The van der Waals surface area contributed by atoms with Crippen molar-refractivity contribution in [2.75, 3.05) is 47.5 Å². The maximum atomic E-state index is 12.8. The Balaban J connectivity index is 4.07. The number of hydrogen-bond donors (Lipinski definition) is 0. The van der Waals surface area contributed by atoms with E-state index in [2.05, 4.69) is 111 Å². The molecule has 9 nitrogen and oxygen atoms in total. The number of esters is 2. The zero-order chi connectivity index (χ0) is 52.7. The molecule has 414 valence electrons. The number of allylic oxidation sites excluding steroid dienone is 16. The molecule has 0 aromatic heterocycles. The van der Waals surface area contributed by atoms with Gasteiger partial charge >= 0.3 is 11.9 Å². The highest BCUT2D eigenvalue weighted by Crippen LogP contribution is 2.38. The van der Waals surface area contributed by atoms with Gasteiger partial charge in [0.1, 0.15) is 19.8 Å². The second-order valence-corrected chi connectivity index (χ2v) is 21.7. The molecule has 0 aliphatic heterocycles. The molecule has 0 saturated heterocycles. The van der Waals surface area contributed by atoms with E-state index in [0.29, 0.717) is 23.9 Å². The molecule has 0 N–H and O–H groups in total. The lowest BCUT2D eigenvalue weighted by Gasteiger charge is -2.28. The molecule has 0 spiro atoms. The van der Waals surface area contributed by atoms with E-state index in [9.17, 15) is 19.0 Å². The summed E-state index contributed by atoms with van der Waals surface area (Å²) in [5.41, 5.74) is 0. The van der Waals surface area contributed by atoms with Crippen LogP contribution in [0.3, 0.4) is 0 Å². The molecule has 0 fully saturated rings. The minimum Gasteiger partial charge on any atom is -0.756 e. The second-order valence-electron chi connectivity index (χ2n) is 20.2. The number of nitrogens with zero attached hydrogens (tertiary/aromatic N) is 1. The summed E-state index contributed by atoms with van der Waals surface area (Å²) in [7, 11) is 1.14. The van der Waals surface area contributed by atoms with Gasteiger partial charge in [0.05, 0.1) is 27.7 Å². The Morgan fingerprint density at radius 2 is 0.750 bits per heavy atom. The van der Waals surface area contributed by atoms with Gasteiger partial charge in [-0.05, 0) is 89.9 Å². The van der Waals surface area contributed by atoms with Crippen molar-refractivity contribution in [3.8, 4) is 0 Å². The van der Waals surface area contributed by atoms with Crippen LogP contribution in [0.15, 0.2) is 97.2 Å². The van der Waals surface area contributed by atoms with Crippen molar-refractivity contribution in [2.45, 2.75) is 238 Å². The first-order chi connectivity index (χ1) is 35.0. The molecule has 72 heavy (non-hydrogen) atoms. The van der Waals surface area contributed by atoms with E-state index in [-0.39, 0.29) is 26.1 Å². The maximum Gasteiger partial charge on any atom is 0.306 e. The van der Waals surface area contributed by atoms with Crippen molar-refractivity contribution < 1.29 is 42.1 Å². The molecular formula is C62H108NO8P. The lowest BCUT2D eigenvalue weighted by atomic mass is 10.0. The highest BCUT2D eigenvalue weighted by atomic mass is 31.2. The Hall–Kier alpha value is -3.07. The first-order valence-electron chi connectivity index (χ1n) is 28.9. The van der Waals surface area contributed by atoms with E-state index >= 15 is 0 Å². The minimum absolute atomic E-state index is 0.0405. The van der Waals surface area contributed by atoms with Crippen molar-refractivity contribution in [3.63, 3.8) is 0 Å². The fourth-order valence-electron chi connectivity index (χ4n) is 7.70. The van der Waals surface area contributed by atoms with Gasteiger partial charge in [-0.25, -0.2) is 0 Å². The van der Waals surface area contributed by atoms with Gasteiger partial charge in [0.2, 0.25) is 0 Å². The summed E-state index contributed by atoms with van der Waals surface area (Å²) in [4.78, 5) is 37.8. The number of carbonyl (C=O) groups is 2. The Labute approximate surface area is 443 Å². The zero-order valence-electron chi connectivity index (χ0n) is 46.8. The van der Waals surface area contributed by atoms with Gasteiger partial charge < -0.3 is 27.9 Å². The molecule has 0 radical (unpaired) electrons. The first kappa shape index (κ1) is 68.9. The molecule has 2 unspecified atom stereocenters. The van der Waals surface area contributed by atoms with Crippen LogP contribution in [-0.2, 0) is 32.7 Å². The standard InChI is InChI=1S/C62H108NO8P/c1-6-8-10-12-14-16-18-20-22-23-24-25-26-27-28-29-30-31-32-33-34-35-36-37-38-39-41-43-45-47-49-51-53-55-62(65)71-60(59-70-72(66,67)69-57-56-63(3,4)5)58-68-61(64)54-52-50-48-46-44-42-40-21-19-17-15-13-11-9-7-2/h8-11,14-17,20-22,24-25,40,44,46,60H,6-7,12-13,18-19,23,26-39,41-43,45,47-59H2,1-5H3/b10-8-,11-9-,16-14-,17-15-,22-20-,25-24-,40-21-,46-44-. The van der Waals surface area contributed by atoms with Gasteiger partial charge in [0, 0.05) is 12.8 Å². The average molecular weight is 1030 g/mol. The lowest BCUT2D eigenvalue weighted by molar-refractivity contribution is -0.870. The normalized spacial score (nSPS) is 14.0. The number of phosphoric ester groups is 1. The number of unbranched alkanes of at least 4 members (excludes halogenated alkanes) is 22. The van der Waals surface area contributed by atoms with Crippen molar-refractivity contribution in [1.82, 2.24) is 0 Å². The number of ether oxygens (including phenoxy) is 2. The largest absolute Gasteiger partial charge is 0.756 e. The van der Waals surface area contributed by atoms with E-state index in [4.69, 9.17) is 18.5 Å². The highest BCUT2D eigenvalue weighted by molar-refractivity contribution is 7.45. The van der Waals surface area contributed by atoms with Crippen LogP contribution in [0, 0.1) is 0 Å². The summed E-state index contributed by atoms with van der Waals surface area (Å²) >= 11 is 0. The molecule has 0 aliphatic carbocycles. The molecule has 0 bridgehead atoms. The Kier molecular flexibility index (Phi) is 50.5. The van der Waals surface area contributed by atoms with Crippen LogP contribution in [0.2, 0.25) is 0 Å². The second kappa shape index (κ2) is 52.8. The molecule has 0 heterocycles. The summed E-state index contributed by atoms with van der Waals surface area (Å²) in [5, 5.41) is 0. The number of likely N-dealkylation sites (N-methyl/N-ethyl adjacent to an activating group) is 1. The average Bonchev–Trinajstić information content (AvgIpc) is 3.34. The molecule has 0 rings (SSSR count). The third kappa shape index (κ3) is 56.2. The van der Waals surface area contributed by atoms with Crippen molar-refractivity contribution in [3.05, 3.63) is 97.2 Å². The van der Waals surface area contributed by atoms with E-state index in [1.807, 2.05) is 21.1 Å². The fourth-order valence-corrected chi connectivity index (χ4v) is 8.43. The van der Waals surface area contributed by atoms with E-state index in [0.717, 1.165) is 83.5 Å². The van der Waals surface area contributed by atoms with Crippen LogP contribution in [0.4, 0.5) is 0 Å². The quantitative estimate of drug-likeness (QED) is 0.0195. The lowest BCUT2D eigenvalue weighted by Crippen LogP contribution is -2.37. The number of carbonyl (C=O) groups excluding carboxylic acids is 2. The molecule has 2 atom stereocenters. The number of quaternary nitrogens is 1. The van der Waals surface area contributed by atoms with Gasteiger partial charge in [0.15, 0.2) is 6.10 Å². The SMILES string of the molecule is CC/C=C\C/C=C\C/C=C\C/C=C\CCCCCCCCCCCCCCCCCCCCCCC(=O)OC(COC(=O)CCCC/C=C\C/C=C\C/C=C\C/C=C\CC)COP(=O)([O-])OCC[N+](C)(C)C. The summed E-state index contributed by atoms with van der Waals surface area (Å²) in [6, 6.07) is 0. The van der Waals surface area contributed by atoms with Crippen LogP contribution < -0.4 is 4.89 Å². The zero-order valence-corrected chi connectivity index (χ0v) is 47.7. The van der Waals surface area contributed by atoms with Gasteiger partial charge in [-0.1, -0.05) is 227 Å². The van der Waals surface area contributed by atoms with Crippen LogP contribution in [0.1, 0.15) is 232 Å². The smallest absolute Gasteiger partial charge is 0.306 e. The van der Waals surface area contributed by atoms with E-state index < -0.39 is 32.5 Å². The van der Waals surface area contributed by atoms with Crippen molar-refractivity contribution in [1.29, 1.82) is 0 Å².